The summed E-state index contributed by atoms with van der Waals surface area (Å²) in [6.07, 6.45) is 7.06. The molecule has 2 aliphatic carbocycles. The predicted molar refractivity (Wildman–Crippen MR) is 69.6 cm³/mol. The van der Waals surface area contributed by atoms with E-state index in [1.54, 1.807) is 6.08 Å². The molecule has 0 aromatic rings. The first kappa shape index (κ1) is 14.1. The summed E-state index contributed by atoms with van der Waals surface area (Å²) in [5.74, 6) is -1.17. The number of carboxylic acid groups (broad SMARTS) is 1. The van der Waals surface area contributed by atoms with E-state index in [9.17, 15) is 9.59 Å². The highest BCUT2D eigenvalue weighted by molar-refractivity contribution is 5.87. The number of aliphatic carboxylic acids is 1. The number of ether oxygens (including phenoxy) is 1. The van der Waals surface area contributed by atoms with Crippen molar-refractivity contribution in [2.75, 3.05) is 13.2 Å². The van der Waals surface area contributed by atoms with Gasteiger partial charge in [-0.15, -0.1) is 6.58 Å². The van der Waals surface area contributed by atoms with Gasteiger partial charge < -0.3 is 15.2 Å². The van der Waals surface area contributed by atoms with Gasteiger partial charge in [0.2, 0.25) is 5.91 Å². The minimum absolute atomic E-state index is 0.0104. The van der Waals surface area contributed by atoms with Crippen LogP contribution in [0.15, 0.2) is 12.7 Å². The maximum Gasteiger partial charge on any atom is 0.328 e. The molecular formula is C14H21NO4. The van der Waals surface area contributed by atoms with Crippen LogP contribution in [0.4, 0.5) is 0 Å². The molecule has 2 saturated carbocycles. The summed E-state index contributed by atoms with van der Waals surface area (Å²) >= 11 is 0. The second kappa shape index (κ2) is 5.74. The quantitative estimate of drug-likeness (QED) is 0.539. The Labute approximate surface area is 113 Å². The van der Waals surface area contributed by atoms with Crippen LogP contribution in [0.5, 0.6) is 0 Å². The van der Waals surface area contributed by atoms with Crippen molar-refractivity contribution in [3.8, 4) is 0 Å². The molecule has 0 saturated heterocycles. The van der Waals surface area contributed by atoms with E-state index >= 15 is 0 Å². The molecule has 1 amide bonds. The Morgan fingerprint density at radius 1 is 1.47 bits per heavy atom. The maximum atomic E-state index is 12.1. The third kappa shape index (κ3) is 3.15. The molecule has 1 spiro atoms. The van der Waals surface area contributed by atoms with E-state index in [2.05, 4.69) is 11.9 Å². The molecule has 2 rings (SSSR count). The van der Waals surface area contributed by atoms with Crippen molar-refractivity contribution in [2.45, 2.75) is 38.1 Å². The van der Waals surface area contributed by atoms with Crippen molar-refractivity contribution in [1.29, 1.82) is 0 Å². The van der Waals surface area contributed by atoms with Gasteiger partial charge in [0, 0.05) is 5.92 Å². The summed E-state index contributed by atoms with van der Waals surface area (Å²) in [4.78, 5) is 23.1. The maximum absolute atomic E-state index is 12.1. The van der Waals surface area contributed by atoms with Crippen LogP contribution in [0.3, 0.4) is 0 Å². The van der Waals surface area contributed by atoms with Crippen molar-refractivity contribution in [3.05, 3.63) is 12.7 Å². The fourth-order valence-corrected chi connectivity index (χ4v) is 3.07. The summed E-state index contributed by atoms with van der Waals surface area (Å²) < 4.78 is 5.11. The van der Waals surface area contributed by atoms with Gasteiger partial charge in [-0.05, 0) is 24.7 Å². The molecule has 2 unspecified atom stereocenters. The standard InChI is InChI=1S/C14H21NO4/c1-2-7-19-9-11(13(17)18)15-12(16)10-8-14(10)5-3-4-6-14/h2,10-11H,1,3-9H2,(H,15,16)(H,17,18). The molecule has 0 bridgehead atoms. The third-order valence-corrected chi connectivity index (χ3v) is 4.24. The first-order valence-electron chi connectivity index (χ1n) is 6.81. The van der Waals surface area contributed by atoms with Crippen molar-refractivity contribution in [2.24, 2.45) is 11.3 Å². The van der Waals surface area contributed by atoms with Gasteiger partial charge in [0.05, 0.1) is 13.2 Å². The summed E-state index contributed by atoms with van der Waals surface area (Å²) in [6, 6.07) is -0.966. The number of rotatable bonds is 7. The van der Waals surface area contributed by atoms with Crippen molar-refractivity contribution < 1.29 is 19.4 Å². The largest absolute Gasteiger partial charge is 0.480 e. The Balaban J connectivity index is 1.82. The lowest BCUT2D eigenvalue weighted by molar-refractivity contribution is -0.143. The van der Waals surface area contributed by atoms with E-state index in [0.717, 1.165) is 19.3 Å². The summed E-state index contributed by atoms with van der Waals surface area (Å²) in [7, 11) is 0. The summed E-state index contributed by atoms with van der Waals surface area (Å²) in [5.41, 5.74) is 0.190. The average Bonchev–Trinajstić information content (AvgIpc) is 2.86. The first-order valence-corrected chi connectivity index (χ1v) is 6.81. The average molecular weight is 267 g/mol. The number of carbonyl (C=O) groups is 2. The van der Waals surface area contributed by atoms with E-state index < -0.39 is 12.0 Å². The van der Waals surface area contributed by atoms with Crippen LogP contribution < -0.4 is 5.32 Å². The van der Waals surface area contributed by atoms with Gasteiger partial charge >= 0.3 is 5.97 Å². The SMILES string of the molecule is C=CCOCC(NC(=O)C1CC12CCCC2)C(=O)O. The van der Waals surface area contributed by atoms with Gasteiger partial charge in [-0.2, -0.15) is 0 Å². The zero-order valence-electron chi connectivity index (χ0n) is 11.1. The molecule has 2 N–H and O–H groups in total. The Morgan fingerprint density at radius 2 is 2.16 bits per heavy atom. The minimum atomic E-state index is -1.06. The van der Waals surface area contributed by atoms with E-state index in [0.29, 0.717) is 0 Å². The fraction of sp³-hybridized carbons (Fsp3) is 0.714. The first-order chi connectivity index (χ1) is 9.09. The predicted octanol–water partition coefficient (Wildman–Crippen LogP) is 1.34. The molecule has 106 valence electrons. The van der Waals surface area contributed by atoms with Crippen LogP contribution in [0.25, 0.3) is 0 Å². The van der Waals surface area contributed by atoms with Crippen molar-refractivity contribution in [1.82, 2.24) is 5.32 Å². The summed E-state index contributed by atoms with van der Waals surface area (Å²) in [5, 5.41) is 11.7. The number of hydrogen-bond acceptors (Lipinski definition) is 3. The van der Waals surface area contributed by atoms with Gasteiger partial charge in [0.1, 0.15) is 0 Å². The van der Waals surface area contributed by atoms with E-state index in [1.807, 2.05) is 0 Å². The molecule has 5 heteroatoms. The van der Waals surface area contributed by atoms with E-state index in [-0.39, 0.29) is 30.5 Å². The molecule has 2 aliphatic rings. The molecule has 0 radical (unpaired) electrons. The van der Waals surface area contributed by atoms with Crippen LogP contribution in [-0.4, -0.2) is 36.2 Å². The van der Waals surface area contributed by atoms with Gasteiger partial charge in [-0.3, -0.25) is 4.79 Å². The lowest BCUT2D eigenvalue weighted by Gasteiger charge is -2.15. The second-order valence-electron chi connectivity index (χ2n) is 5.55. The number of nitrogens with one attached hydrogen (secondary N) is 1. The lowest BCUT2D eigenvalue weighted by atomic mass is 10.0. The van der Waals surface area contributed by atoms with Crippen LogP contribution in [0, 0.1) is 11.3 Å². The van der Waals surface area contributed by atoms with Gasteiger partial charge in [0.25, 0.3) is 0 Å². The number of carbonyl (C=O) groups excluding carboxylic acids is 1. The molecule has 0 aromatic heterocycles. The molecule has 5 nitrogen and oxygen atoms in total. The van der Waals surface area contributed by atoms with Gasteiger partial charge in [-0.25, -0.2) is 4.79 Å². The third-order valence-electron chi connectivity index (χ3n) is 4.24. The minimum Gasteiger partial charge on any atom is -0.480 e. The molecule has 2 atom stereocenters. The number of amides is 1. The Bertz CT molecular complexity index is 374. The summed E-state index contributed by atoms with van der Waals surface area (Å²) in [6.45, 7) is 3.75. The zero-order chi connectivity index (χ0) is 13.9. The van der Waals surface area contributed by atoms with Crippen LogP contribution in [-0.2, 0) is 14.3 Å². The highest BCUT2D eigenvalue weighted by atomic mass is 16.5. The monoisotopic (exact) mass is 267 g/mol. The molecule has 19 heavy (non-hydrogen) atoms. The van der Waals surface area contributed by atoms with E-state index in [4.69, 9.17) is 9.84 Å². The molecule has 0 aromatic carbocycles. The van der Waals surface area contributed by atoms with Gasteiger partial charge in [0.15, 0.2) is 6.04 Å². The lowest BCUT2D eigenvalue weighted by Crippen LogP contribution is -2.45. The normalized spacial score (nSPS) is 24.9. The van der Waals surface area contributed by atoms with Gasteiger partial charge in [-0.1, -0.05) is 18.9 Å². The zero-order valence-corrected chi connectivity index (χ0v) is 11.1. The molecule has 0 heterocycles. The van der Waals surface area contributed by atoms with Crippen molar-refractivity contribution >= 4 is 11.9 Å². The van der Waals surface area contributed by atoms with Crippen LogP contribution in [0.2, 0.25) is 0 Å². The molecular weight excluding hydrogens is 246 g/mol. The fourth-order valence-electron chi connectivity index (χ4n) is 3.07. The van der Waals surface area contributed by atoms with Crippen LogP contribution >= 0.6 is 0 Å². The van der Waals surface area contributed by atoms with Crippen LogP contribution in [0.1, 0.15) is 32.1 Å². The highest BCUT2D eigenvalue weighted by Crippen LogP contribution is 2.62. The highest BCUT2D eigenvalue weighted by Gasteiger charge is 2.58. The molecule has 0 aliphatic heterocycles. The topological polar surface area (TPSA) is 75.6 Å². The molecule has 2 fully saturated rings. The Morgan fingerprint density at radius 3 is 2.74 bits per heavy atom. The Hall–Kier alpha value is -1.36. The van der Waals surface area contributed by atoms with E-state index in [1.165, 1.54) is 12.8 Å². The second-order valence-corrected chi connectivity index (χ2v) is 5.55. The Kier molecular flexibility index (Phi) is 4.24. The van der Waals surface area contributed by atoms with Crippen molar-refractivity contribution in [3.63, 3.8) is 0 Å². The number of carboxylic acids is 1. The number of hydrogen-bond donors (Lipinski definition) is 2. The smallest absolute Gasteiger partial charge is 0.328 e.